The van der Waals surface area contributed by atoms with Crippen LogP contribution >= 0.6 is 35.3 Å². The number of guanidine groups is 1. The van der Waals surface area contributed by atoms with Crippen LogP contribution in [0.25, 0.3) is 0 Å². The van der Waals surface area contributed by atoms with Gasteiger partial charge < -0.3 is 15.1 Å². The Labute approximate surface area is 170 Å². The van der Waals surface area contributed by atoms with E-state index in [4.69, 9.17) is 4.42 Å². The summed E-state index contributed by atoms with van der Waals surface area (Å²) in [5.41, 5.74) is -0.872. The molecule has 26 heavy (non-hydrogen) atoms. The van der Waals surface area contributed by atoms with E-state index in [0.29, 0.717) is 17.5 Å². The maximum absolute atomic E-state index is 12.6. The molecule has 11 heteroatoms. The number of nitrogens with zero attached hydrogens (tertiary/aromatic N) is 3. The molecule has 0 aromatic carbocycles. The van der Waals surface area contributed by atoms with E-state index >= 15 is 0 Å². The topological polar surface area (TPSA) is 65.7 Å². The molecular formula is C15H21F3IN5OS. The van der Waals surface area contributed by atoms with Crippen molar-refractivity contribution in [3.63, 3.8) is 0 Å². The lowest BCUT2D eigenvalue weighted by Crippen LogP contribution is -2.41. The Hall–Kier alpha value is -1.34. The van der Waals surface area contributed by atoms with E-state index < -0.39 is 11.9 Å². The van der Waals surface area contributed by atoms with Crippen LogP contribution in [-0.2, 0) is 12.7 Å². The normalized spacial score (nSPS) is 13.4. The summed E-state index contributed by atoms with van der Waals surface area (Å²) in [6.45, 7) is 0.680. The Kier molecular flexibility index (Phi) is 8.83. The number of furan rings is 1. The van der Waals surface area contributed by atoms with Crippen molar-refractivity contribution in [1.29, 1.82) is 0 Å². The molecule has 2 aromatic heterocycles. The molecule has 0 saturated heterocycles. The highest BCUT2D eigenvalue weighted by atomic mass is 127. The van der Waals surface area contributed by atoms with E-state index in [1.165, 1.54) is 0 Å². The second kappa shape index (κ2) is 10.1. The highest BCUT2D eigenvalue weighted by Crippen LogP contribution is 2.29. The first kappa shape index (κ1) is 22.7. The highest BCUT2D eigenvalue weighted by molar-refractivity contribution is 14.0. The van der Waals surface area contributed by atoms with Gasteiger partial charge in [-0.2, -0.15) is 13.2 Å². The average molecular weight is 503 g/mol. The van der Waals surface area contributed by atoms with Gasteiger partial charge in [0.1, 0.15) is 10.8 Å². The van der Waals surface area contributed by atoms with Crippen LogP contribution in [0.3, 0.4) is 0 Å². The average Bonchev–Trinajstić information content (AvgIpc) is 3.21. The lowest BCUT2D eigenvalue weighted by Gasteiger charge is -2.23. The smallest absolute Gasteiger partial charge is 0.434 e. The minimum absolute atomic E-state index is 0. The summed E-state index contributed by atoms with van der Waals surface area (Å²) < 4.78 is 43.1. The van der Waals surface area contributed by atoms with Crippen molar-refractivity contribution < 1.29 is 17.6 Å². The summed E-state index contributed by atoms with van der Waals surface area (Å²) in [7, 11) is 5.45. The SMILES string of the molecule is CN=C(NCc1nc(C(F)(F)F)cs1)NCC(c1ccco1)N(C)C.I. The number of thiazole rings is 1. The molecule has 0 aliphatic carbocycles. The Balaban J connectivity index is 0.00000338. The van der Waals surface area contributed by atoms with E-state index in [-0.39, 0.29) is 36.6 Å². The first-order valence-electron chi connectivity index (χ1n) is 7.47. The monoisotopic (exact) mass is 503 g/mol. The van der Waals surface area contributed by atoms with Gasteiger partial charge in [-0.3, -0.25) is 9.89 Å². The zero-order valence-corrected chi connectivity index (χ0v) is 17.6. The van der Waals surface area contributed by atoms with Gasteiger partial charge in [-0.25, -0.2) is 4.98 Å². The van der Waals surface area contributed by atoms with Gasteiger partial charge in [0.15, 0.2) is 11.7 Å². The molecule has 0 amide bonds. The van der Waals surface area contributed by atoms with E-state index in [1.807, 2.05) is 31.1 Å². The first-order valence-corrected chi connectivity index (χ1v) is 8.35. The van der Waals surface area contributed by atoms with Crippen molar-refractivity contribution in [1.82, 2.24) is 20.5 Å². The minimum Gasteiger partial charge on any atom is -0.468 e. The third kappa shape index (κ3) is 6.43. The zero-order chi connectivity index (χ0) is 18.4. The van der Waals surface area contributed by atoms with Gasteiger partial charge in [-0.15, -0.1) is 35.3 Å². The van der Waals surface area contributed by atoms with Crippen LogP contribution in [0.15, 0.2) is 33.2 Å². The summed E-state index contributed by atoms with van der Waals surface area (Å²) >= 11 is 0.957. The molecule has 146 valence electrons. The Bertz CT molecular complexity index is 688. The highest BCUT2D eigenvalue weighted by Gasteiger charge is 2.33. The molecule has 2 N–H and O–H groups in total. The van der Waals surface area contributed by atoms with Crippen molar-refractivity contribution in [3.8, 4) is 0 Å². The van der Waals surface area contributed by atoms with Crippen LogP contribution in [0.5, 0.6) is 0 Å². The van der Waals surface area contributed by atoms with Gasteiger partial charge in [0.05, 0.1) is 18.8 Å². The summed E-state index contributed by atoms with van der Waals surface area (Å²) in [5, 5.41) is 7.44. The number of aliphatic imine (C=N–C) groups is 1. The maximum atomic E-state index is 12.6. The molecule has 1 unspecified atom stereocenters. The minimum atomic E-state index is -4.42. The van der Waals surface area contributed by atoms with Gasteiger partial charge in [0, 0.05) is 19.0 Å². The standard InChI is InChI=1S/C15H20F3N5OS.HI/c1-19-14(20-7-10(23(2)3)11-5-4-6-24-11)21-8-13-22-12(9-25-13)15(16,17)18;/h4-6,9-10H,7-8H2,1-3H3,(H2,19,20,21);1H. The number of rotatable bonds is 6. The molecule has 2 heterocycles. The van der Waals surface area contributed by atoms with E-state index in [9.17, 15) is 13.2 Å². The second-order valence-electron chi connectivity index (χ2n) is 5.43. The van der Waals surface area contributed by atoms with Crippen molar-refractivity contribution in [2.45, 2.75) is 18.8 Å². The first-order chi connectivity index (χ1) is 11.8. The Morgan fingerprint density at radius 2 is 2.12 bits per heavy atom. The van der Waals surface area contributed by atoms with Crippen LogP contribution in [0, 0.1) is 0 Å². The quantitative estimate of drug-likeness (QED) is 0.360. The molecule has 2 rings (SSSR count). The van der Waals surface area contributed by atoms with Crippen molar-refractivity contribution in [3.05, 3.63) is 40.2 Å². The lowest BCUT2D eigenvalue weighted by molar-refractivity contribution is -0.140. The number of alkyl halides is 3. The zero-order valence-electron chi connectivity index (χ0n) is 14.5. The molecule has 0 radical (unpaired) electrons. The second-order valence-corrected chi connectivity index (χ2v) is 6.37. The molecule has 0 spiro atoms. The van der Waals surface area contributed by atoms with Crippen molar-refractivity contribution in [2.75, 3.05) is 27.7 Å². The molecule has 2 aromatic rings. The predicted molar refractivity (Wildman–Crippen MR) is 106 cm³/mol. The number of hydrogen-bond donors (Lipinski definition) is 2. The van der Waals surface area contributed by atoms with Crippen LogP contribution in [0.1, 0.15) is 22.5 Å². The van der Waals surface area contributed by atoms with E-state index in [1.54, 1.807) is 13.3 Å². The Morgan fingerprint density at radius 1 is 1.38 bits per heavy atom. The molecule has 0 aliphatic heterocycles. The van der Waals surface area contributed by atoms with E-state index in [2.05, 4.69) is 20.6 Å². The largest absolute Gasteiger partial charge is 0.468 e. The van der Waals surface area contributed by atoms with Crippen LogP contribution < -0.4 is 10.6 Å². The van der Waals surface area contributed by atoms with Crippen molar-refractivity contribution >= 4 is 41.3 Å². The number of hydrogen-bond acceptors (Lipinski definition) is 5. The fraction of sp³-hybridized carbons (Fsp3) is 0.467. The lowest BCUT2D eigenvalue weighted by atomic mass is 10.2. The summed E-state index contributed by atoms with van der Waals surface area (Å²) in [5.74, 6) is 1.28. The van der Waals surface area contributed by atoms with Gasteiger partial charge >= 0.3 is 6.18 Å². The predicted octanol–water partition coefficient (Wildman–Crippen LogP) is 3.34. The molecular weight excluding hydrogens is 482 g/mol. The molecule has 1 atom stereocenters. The summed E-state index contributed by atoms with van der Waals surface area (Å²) in [4.78, 5) is 9.64. The molecule has 6 nitrogen and oxygen atoms in total. The maximum Gasteiger partial charge on any atom is 0.434 e. The fourth-order valence-electron chi connectivity index (χ4n) is 2.11. The molecule has 0 bridgehead atoms. The number of halogens is 4. The van der Waals surface area contributed by atoms with Crippen molar-refractivity contribution in [2.24, 2.45) is 4.99 Å². The van der Waals surface area contributed by atoms with Crippen LogP contribution in [-0.4, -0.2) is 43.5 Å². The molecule has 0 saturated carbocycles. The fourth-order valence-corrected chi connectivity index (χ4v) is 2.85. The van der Waals surface area contributed by atoms with Gasteiger partial charge in [0.2, 0.25) is 0 Å². The molecule has 0 aliphatic rings. The third-order valence-electron chi connectivity index (χ3n) is 3.43. The van der Waals surface area contributed by atoms with Crippen LogP contribution in [0.2, 0.25) is 0 Å². The van der Waals surface area contributed by atoms with Crippen LogP contribution in [0.4, 0.5) is 13.2 Å². The third-order valence-corrected chi connectivity index (χ3v) is 4.28. The van der Waals surface area contributed by atoms with Gasteiger partial charge in [0.25, 0.3) is 0 Å². The number of aromatic nitrogens is 1. The Morgan fingerprint density at radius 3 is 2.62 bits per heavy atom. The summed E-state index contributed by atoms with van der Waals surface area (Å²) in [6.07, 6.45) is -2.81. The number of nitrogens with one attached hydrogen (secondary N) is 2. The van der Waals surface area contributed by atoms with Gasteiger partial charge in [-0.05, 0) is 26.2 Å². The number of likely N-dealkylation sites (N-methyl/N-ethyl adjacent to an activating group) is 1. The van der Waals surface area contributed by atoms with Gasteiger partial charge in [-0.1, -0.05) is 0 Å². The molecule has 0 fully saturated rings. The van der Waals surface area contributed by atoms with E-state index in [0.717, 1.165) is 22.5 Å². The summed E-state index contributed by atoms with van der Waals surface area (Å²) in [6, 6.07) is 3.70.